The van der Waals surface area contributed by atoms with E-state index in [1.807, 2.05) is 22.8 Å². The van der Waals surface area contributed by atoms with Gasteiger partial charge in [-0.2, -0.15) is 0 Å². The van der Waals surface area contributed by atoms with Crippen molar-refractivity contribution in [1.29, 1.82) is 0 Å². The third-order valence-corrected chi connectivity index (χ3v) is 5.47. The summed E-state index contributed by atoms with van der Waals surface area (Å²) in [7, 11) is 1.66. The molecule has 0 saturated carbocycles. The Balaban J connectivity index is 1.87. The molecule has 1 atom stereocenters. The van der Waals surface area contributed by atoms with Gasteiger partial charge in [0.15, 0.2) is 0 Å². The molecule has 1 fully saturated rings. The van der Waals surface area contributed by atoms with Crippen molar-refractivity contribution >= 4 is 17.5 Å². The standard InChI is InChI=1S/C20H28N2O3/c1-4-18(23)21-11-5-7-15(13-21)20(24)22-12-6-8-16-14(2)9-10-17(25-3)19(16)22/h9-10,15H,4-8,11-13H2,1-3H3/t15-/m0/s1. The fourth-order valence-corrected chi connectivity index (χ4v) is 4.09. The molecular formula is C20H28N2O3. The summed E-state index contributed by atoms with van der Waals surface area (Å²) in [5, 5.41) is 0. The summed E-state index contributed by atoms with van der Waals surface area (Å²) in [6, 6.07) is 4.02. The molecule has 1 aromatic carbocycles. The fraction of sp³-hybridized carbons (Fsp3) is 0.600. The number of benzene rings is 1. The maximum Gasteiger partial charge on any atom is 0.231 e. The Morgan fingerprint density at radius 3 is 2.76 bits per heavy atom. The molecule has 0 bridgehead atoms. The molecule has 136 valence electrons. The highest BCUT2D eigenvalue weighted by Crippen LogP contribution is 2.39. The Morgan fingerprint density at radius 1 is 1.24 bits per heavy atom. The number of fused-ring (bicyclic) bond motifs is 1. The van der Waals surface area contributed by atoms with Crippen molar-refractivity contribution in [2.24, 2.45) is 5.92 Å². The molecule has 25 heavy (non-hydrogen) atoms. The zero-order valence-corrected chi connectivity index (χ0v) is 15.5. The Labute approximate surface area is 149 Å². The smallest absolute Gasteiger partial charge is 0.231 e. The van der Waals surface area contributed by atoms with Crippen LogP contribution >= 0.6 is 0 Å². The summed E-state index contributed by atoms with van der Waals surface area (Å²) in [6.07, 6.45) is 4.20. The molecule has 5 nitrogen and oxygen atoms in total. The molecule has 1 aromatic rings. The van der Waals surface area contributed by atoms with Crippen LogP contribution in [0.5, 0.6) is 5.75 Å². The van der Waals surface area contributed by atoms with Gasteiger partial charge in [0.25, 0.3) is 0 Å². The minimum absolute atomic E-state index is 0.111. The van der Waals surface area contributed by atoms with Crippen molar-refractivity contribution in [1.82, 2.24) is 4.90 Å². The van der Waals surface area contributed by atoms with Gasteiger partial charge in [0.2, 0.25) is 11.8 Å². The van der Waals surface area contributed by atoms with E-state index in [1.165, 1.54) is 11.1 Å². The molecule has 0 spiro atoms. The number of carbonyl (C=O) groups excluding carboxylic acids is 2. The molecule has 2 heterocycles. The zero-order valence-electron chi connectivity index (χ0n) is 15.5. The second-order valence-electron chi connectivity index (χ2n) is 7.04. The average molecular weight is 344 g/mol. The van der Waals surface area contributed by atoms with E-state index in [0.717, 1.165) is 50.2 Å². The summed E-state index contributed by atoms with van der Waals surface area (Å²) in [5.74, 6) is 0.940. The molecule has 2 amide bonds. The Hall–Kier alpha value is -2.04. The molecule has 0 aromatic heterocycles. The van der Waals surface area contributed by atoms with E-state index in [9.17, 15) is 9.59 Å². The van der Waals surface area contributed by atoms with Crippen LogP contribution in [0.2, 0.25) is 0 Å². The van der Waals surface area contributed by atoms with E-state index in [-0.39, 0.29) is 17.7 Å². The number of ether oxygens (including phenoxy) is 1. The lowest BCUT2D eigenvalue weighted by Crippen LogP contribution is -2.48. The van der Waals surface area contributed by atoms with Crippen LogP contribution in [0, 0.1) is 12.8 Å². The summed E-state index contributed by atoms with van der Waals surface area (Å²) >= 11 is 0. The van der Waals surface area contributed by atoms with Crippen molar-refractivity contribution in [3.05, 3.63) is 23.3 Å². The van der Waals surface area contributed by atoms with Gasteiger partial charge in [-0.05, 0) is 49.8 Å². The number of nitrogens with zero attached hydrogens (tertiary/aromatic N) is 2. The summed E-state index contributed by atoms with van der Waals surface area (Å²) in [5.41, 5.74) is 3.37. The van der Waals surface area contributed by atoms with Crippen LogP contribution in [0.1, 0.15) is 43.7 Å². The number of piperidine rings is 1. The van der Waals surface area contributed by atoms with Crippen molar-refractivity contribution in [3.63, 3.8) is 0 Å². The second kappa shape index (κ2) is 7.46. The Bertz CT molecular complexity index is 671. The highest BCUT2D eigenvalue weighted by Gasteiger charge is 2.34. The maximum atomic E-state index is 13.3. The molecule has 0 radical (unpaired) electrons. The molecule has 1 saturated heterocycles. The SMILES string of the molecule is CCC(=O)N1CCC[C@H](C(=O)N2CCCc3c(C)ccc(OC)c32)C1. The first kappa shape index (κ1) is 17.8. The molecule has 0 aliphatic carbocycles. The quantitative estimate of drug-likeness (QED) is 0.847. The fourth-order valence-electron chi connectivity index (χ4n) is 4.09. The molecule has 0 N–H and O–H groups in total. The van der Waals surface area contributed by atoms with Crippen LogP contribution in [0.4, 0.5) is 5.69 Å². The van der Waals surface area contributed by atoms with Crippen molar-refractivity contribution in [3.8, 4) is 5.75 Å². The van der Waals surface area contributed by atoms with E-state index in [0.29, 0.717) is 13.0 Å². The largest absolute Gasteiger partial charge is 0.495 e. The molecule has 5 heteroatoms. The number of aryl methyl sites for hydroxylation is 1. The molecule has 2 aliphatic rings. The summed E-state index contributed by atoms with van der Waals surface area (Å²) in [4.78, 5) is 29.1. The monoisotopic (exact) mass is 344 g/mol. The van der Waals surface area contributed by atoms with Gasteiger partial charge in [-0.25, -0.2) is 0 Å². The summed E-state index contributed by atoms with van der Waals surface area (Å²) in [6.45, 7) is 6.02. The maximum absolute atomic E-state index is 13.3. The Kier molecular flexibility index (Phi) is 5.30. The van der Waals surface area contributed by atoms with Crippen molar-refractivity contribution in [2.45, 2.75) is 46.0 Å². The first-order valence-electron chi connectivity index (χ1n) is 9.32. The first-order chi connectivity index (χ1) is 12.1. The van der Waals surface area contributed by atoms with E-state index < -0.39 is 0 Å². The molecule has 2 aliphatic heterocycles. The van der Waals surface area contributed by atoms with Gasteiger partial charge in [-0.1, -0.05) is 13.0 Å². The number of amides is 2. The van der Waals surface area contributed by atoms with Crippen molar-refractivity contribution < 1.29 is 14.3 Å². The zero-order chi connectivity index (χ0) is 18.0. The van der Waals surface area contributed by atoms with Gasteiger partial charge < -0.3 is 14.5 Å². The predicted octanol–water partition coefficient (Wildman–Crippen LogP) is 2.93. The molecule has 0 unspecified atom stereocenters. The van der Waals surface area contributed by atoms with Crippen LogP contribution in [-0.2, 0) is 16.0 Å². The topological polar surface area (TPSA) is 49.9 Å². The van der Waals surface area contributed by atoms with Gasteiger partial charge in [-0.3, -0.25) is 9.59 Å². The molecule has 3 rings (SSSR count). The normalized spacial score (nSPS) is 20.2. The number of anilines is 1. The first-order valence-corrected chi connectivity index (χ1v) is 9.32. The van der Waals surface area contributed by atoms with E-state index in [2.05, 4.69) is 13.0 Å². The van der Waals surface area contributed by atoms with Crippen LogP contribution < -0.4 is 9.64 Å². The second-order valence-corrected chi connectivity index (χ2v) is 7.04. The number of methoxy groups -OCH3 is 1. The van der Waals surface area contributed by atoms with Crippen LogP contribution in [0.15, 0.2) is 12.1 Å². The predicted molar refractivity (Wildman–Crippen MR) is 98.0 cm³/mol. The van der Waals surface area contributed by atoms with E-state index in [4.69, 9.17) is 4.74 Å². The van der Waals surface area contributed by atoms with Crippen LogP contribution in [0.25, 0.3) is 0 Å². The van der Waals surface area contributed by atoms with Gasteiger partial charge in [-0.15, -0.1) is 0 Å². The van der Waals surface area contributed by atoms with Crippen LogP contribution in [-0.4, -0.2) is 43.5 Å². The minimum Gasteiger partial charge on any atom is -0.495 e. The number of rotatable bonds is 3. The number of carbonyl (C=O) groups is 2. The highest BCUT2D eigenvalue weighted by molar-refractivity contribution is 5.98. The third-order valence-electron chi connectivity index (χ3n) is 5.47. The third kappa shape index (κ3) is 3.37. The number of hydrogen-bond acceptors (Lipinski definition) is 3. The lowest BCUT2D eigenvalue weighted by Gasteiger charge is -2.37. The van der Waals surface area contributed by atoms with Crippen LogP contribution in [0.3, 0.4) is 0 Å². The lowest BCUT2D eigenvalue weighted by molar-refractivity contribution is -0.134. The Morgan fingerprint density at radius 2 is 2.04 bits per heavy atom. The lowest BCUT2D eigenvalue weighted by atomic mass is 9.92. The number of hydrogen-bond donors (Lipinski definition) is 0. The van der Waals surface area contributed by atoms with Gasteiger partial charge in [0.05, 0.1) is 18.7 Å². The van der Waals surface area contributed by atoms with Gasteiger partial charge >= 0.3 is 0 Å². The van der Waals surface area contributed by atoms with Crippen molar-refractivity contribution in [2.75, 3.05) is 31.6 Å². The number of likely N-dealkylation sites (tertiary alicyclic amines) is 1. The average Bonchev–Trinajstić information content (AvgIpc) is 2.67. The summed E-state index contributed by atoms with van der Waals surface area (Å²) < 4.78 is 5.55. The molecular weight excluding hydrogens is 316 g/mol. The van der Waals surface area contributed by atoms with Gasteiger partial charge in [0.1, 0.15) is 5.75 Å². The van der Waals surface area contributed by atoms with E-state index in [1.54, 1.807) is 7.11 Å². The van der Waals surface area contributed by atoms with E-state index >= 15 is 0 Å². The minimum atomic E-state index is -0.111. The van der Waals surface area contributed by atoms with Gasteiger partial charge in [0, 0.05) is 26.1 Å². The highest BCUT2D eigenvalue weighted by atomic mass is 16.5.